The molecule has 0 aliphatic rings. The van der Waals surface area contributed by atoms with Gasteiger partial charge >= 0.3 is 0 Å². The zero-order valence-corrected chi connectivity index (χ0v) is 8.01. The van der Waals surface area contributed by atoms with Crippen LogP contribution in [0.4, 0.5) is 0 Å². The van der Waals surface area contributed by atoms with Crippen molar-refractivity contribution in [2.45, 2.75) is 0 Å². The highest BCUT2D eigenvalue weighted by molar-refractivity contribution is 5.78. The summed E-state index contributed by atoms with van der Waals surface area (Å²) in [5.74, 6) is 0.977. The SMILES string of the molecule is COc1cc(C=O)ccc1-c1ncon1. The molecule has 0 saturated carbocycles. The second-order valence-electron chi connectivity index (χ2n) is 2.83. The molecule has 5 nitrogen and oxygen atoms in total. The predicted molar refractivity (Wildman–Crippen MR) is 51.7 cm³/mol. The van der Waals surface area contributed by atoms with Gasteiger partial charge in [0.15, 0.2) is 0 Å². The molecule has 0 radical (unpaired) electrons. The van der Waals surface area contributed by atoms with E-state index < -0.39 is 0 Å². The molecule has 2 rings (SSSR count). The van der Waals surface area contributed by atoms with Crippen molar-refractivity contribution in [3.63, 3.8) is 0 Å². The van der Waals surface area contributed by atoms with Crippen LogP contribution in [0, 0.1) is 0 Å². The van der Waals surface area contributed by atoms with E-state index in [-0.39, 0.29) is 0 Å². The van der Waals surface area contributed by atoms with Gasteiger partial charge in [-0.25, -0.2) is 0 Å². The number of aldehydes is 1. The first-order valence-corrected chi connectivity index (χ1v) is 4.25. The van der Waals surface area contributed by atoms with Crippen molar-refractivity contribution in [3.8, 4) is 17.1 Å². The number of nitrogens with zero attached hydrogens (tertiary/aromatic N) is 2. The highest BCUT2D eigenvalue weighted by Crippen LogP contribution is 2.27. The zero-order chi connectivity index (χ0) is 10.7. The number of hydrogen-bond acceptors (Lipinski definition) is 5. The molecule has 0 unspecified atom stereocenters. The van der Waals surface area contributed by atoms with Gasteiger partial charge < -0.3 is 9.26 Å². The third-order valence-corrected chi connectivity index (χ3v) is 1.96. The number of aromatic nitrogens is 2. The molecule has 0 fully saturated rings. The predicted octanol–water partition coefficient (Wildman–Crippen LogP) is 1.56. The Morgan fingerprint density at radius 2 is 2.33 bits per heavy atom. The van der Waals surface area contributed by atoms with Gasteiger partial charge in [-0.2, -0.15) is 4.98 Å². The summed E-state index contributed by atoms with van der Waals surface area (Å²) in [4.78, 5) is 14.5. The molecule has 1 heterocycles. The third kappa shape index (κ3) is 1.71. The van der Waals surface area contributed by atoms with Crippen molar-refractivity contribution in [2.24, 2.45) is 0 Å². The zero-order valence-electron chi connectivity index (χ0n) is 8.01. The second kappa shape index (κ2) is 3.91. The summed E-state index contributed by atoms with van der Waals surface area (Å²) >= 11 is 0. The van der Waals surface area contributed by atoms with Gasteiger partial charge in [0.25, 0.3) is 0 Å². The van der Waals surface area contributed by atoms with E-state index in [2.05, 4.69) is 14.7 Å². The third-order valence-electron chi connectivity index (χ3n) is 1.96. The average Bonchev–Trinajstić information content (AvgIpc) is 2.81. The van der Waals surface area contributed by atoms with Gasteiger partial charge in [-0.1, -0.05) is 11.2 Å². The van der Waals surface area contributed by atoms with Crippen LogP contribution in [-0.2, 0) is 0 Å². The number of carbonyl (C=O) groups excluding carboxylic acids is 1. The van der Waals surface area contributed by atoms with Crippen molar-refractivity contribution in [3.05, 3.63) is 30.2 Å². The lowest BCUT2D eigenvalue weighted by Gasteiger charge is -2.04. The van der Waals surface area contributed by atoms with Crippen LogP contribution in [0.3, 0.4) is 0 Å². The van der Waals surface area contributed by atoms with Crippen LogP contribution in [0.1, 0.15) is 10.4 Å². The molecular weight excluding hydrogens is 196 g/mol. The van der Waals surface area contributed by atoms with Gasteiger partial charge in [-0.05, 0) is 12.1 Å². The first-order chi connectivity index (χ1) is 7.35. The number of rotatable bonds is 3. The maximum Gasteiger partial charge on any atom is 0.214 e. The highest BCUT2D eigenvalue weighted by atomic mass is 16.5. The van der Waals surface area contributed by atoms with Crippen LogP contribution in [0.5, 0.6) is 5.75 Å². The Morgan fingerprint density at radius 3 is 2.93 bits per heavy atom. The maximum atomic E-state index is 10.6. The quantitative estimate of drug-likeness (QED) is 0.710. The van der Waals surface area contributed by atoms with Crippen molar-refractivity contribution < 1.29 is 14.1 Å². The fourth-order valence-corrected chi connectivity index (χ4v) is 1.26. The molecule has 15 heavy (non-hydrogen) atoms. The smallest absolute Gasteiger partial charge is 0.214 e. The molecule has 76 valence electrons. The van der Waals surface area contributed by atoms with E-state index in [1.54, 1.807) is 18.2 Å². The molecule has 0 spiro atoms. The van der Waals surface area contributed by atoms with Crippen LogP contribution in [0.2, 0.25) is 0 Å². The normalized spacial score (nSPS) is 9.93. The fourth-order valence-electron chi connectivity index (χ4n) is 1.26. The lowest BCUT2D eigenvalue weighted by atomic mass is 10.1. The number of methoxy groups -OCH3 is 1. The van der Waals surface area contributed by atoms with Crippen LogP contribution in [0.25, 0.3) is 11.4 Å². The van der Waals surface area contributed by atoms with Gasteiger partial charge in [0.2, 0.25) is 12.2 Å². The molecule has 0 amide bonds. The van der Waals surface area contributed by atoms with E-state index in [0.29, 0.717) is 22.7 Å². The fraction of sp³-hybridized carbons (Fsp3) is 0.100. The van der Waals surface area contributed by atoms with E-state index in [9.17, 15) is 4.79 Å². The largest absolute Gasteiger partial charge is 0.496 e. The molecule has 0 N–H and O–H groups in total. The van der Waals surface area contributed by atoms with Crippen LogP contribution >= 0.6 is 0 Å². The Kier molecular flexibility index (Phi) is 2.45. The Bertz CT molecular complexity index is 466. The van der Waals surface area contributed by atoms with E-state index >= 15 is 0 Å². The minimum Gasteiger partial charge on any atom is -0.496 e. The summed E-state index contributed by atoms with van der Waals surface area (Å²) in [6.07, 6.45) is 1.99. The summed E-state index contributed by atoms with van der Waals surface area (Å²) in [5, 5.41) is 3.70. The lowest BCUT2D eigenvalue weighted by Crippen LogP contribution is -1.91. The van der Waals surface area contributed by atoms with E-state index in [4.69, 9.17) is 4.74 Å². The molecule has 1 aromatic heterocycles. The van der Waals surface area contributed by atoms with Crippen molar-refractivity contribution in [2.75, 3.05) is 7.11 Å². The summed E-state index contributed by atoms with van der Waals surface area (Å²) in [6.45, 7) is 0. The van der Waals surface area contributed by atoms with Crippen LogP contribution < -0.4 is 4.74 Å². The minimum absolute atomic E-state index is 0.435. The molecule has 0 saturated heterocycles. The number of ether oxygens (including phenoxy) is 1. The second-order valence-corrected chi connectivity index (χ2v) is 2.83. The van der Waals surface area contributed by atoms with Gasteiger partial charge in [0.05, 0.1) is 12.7 Å². The summed E-state index contributed by atoms with van der Waals surface area (Å²) in [7, 11) is 1.52. The first kappa shape index (κ1) is 9.39. The van der Waals surface area contributed by atoms with Crippen molar-refractivity contribution in [1.29, 1.82) is 0 Å². The highest BCUT2D eigenvalue weighted by Gasteiger charge is 2.10. The number of hydrogen-bond donors (Lipinski definition) is 0. The molecule has 0 bridgehead atoms. The average molecular weight is 204 g/mol. The first-order valence-electron chi connectivity index (χ1n) is 4.25. The summed E-state index contributed by atoms with van der Waals surface area (Å²) < 4.78 is 9.77. The number of carbonyl (C=O) groups is 1. The van der Waals surface area contributed by atoms with E-state index in [0.717, 1.165) is 6.29 Å². The summed E-state index contributed by atoms with van der Waals surface area (Å²) in [6, 6.07) is 5.01. The standard InChI is InChI=1S/C10H8N2O3/c1-14-9-4-7(5-13)2-3-8(9)10-11-6-15-12-10/h2-6H,1H3. The molecule has 0 aliphatic heterocycles. The molecule has 0 aliphatic carbocycles. The van der Waals surface area contributed by atoms with Gasteiger partial charge in [-0.15, -0.1) is 0 Å². The van der Waals surface area contributed by atoms with Crippen LogP contribution in [0.15, 0.2) is 29.1 Å². The van der Waals surface area contributed by atoms with E-state index in [1.807, 2.05) is 0 Å². The molecule has 5 heteroatoms. The molecular formula is C10H8N2O3. The van der Waals surface area contributed by atoms with Crippen molar-refractivity contribution in [1.82, 2.24) is 10.1 Å². The molecule has 0 atom stereocenters. The van der Waals surface area contributed by atoms with Gasteiger partial charge in [-0.3, -0.25) is 4.79 Å². The van der Waals surface area contributed by atoms with Crippen molar-refractivity contribution >= 4 is 6.29 Å². The Hall–Kier alpha value is -2.17. The Labute approximate surface area is 85.7 Å². The lowest BCUT2D eigenvalue weighted by molar-refractivity contribution is 0.112. The maximum absolute atomic E-state index is 10.6. The van der Waals surface area contributed by atoms with Crippen LogP contribution in [-0.4, -0.2) is 23.5 Å². The number of benzene rings is 1. The van der Waals surface area contributed by atoms with Gasteiger partial charge in [0, 0.05) is 5.56 Å². The monoisotopic (exact) mass is 204 g/mol. The molecule has 2 aromatic rings. The van der Waals surface area contributed by atoms with Gasteiger partial charge in [0.1, 0.15) is 12.0 Å². The topological polar surface area (TPSA) is 65.2 Å². The minimum atomic E-state index is 0.435. The van der Waals surface area contributed by atoms with E-state index in [1.165, 1.54) is 13.5 Å². The Morgan fingerprint density at radius 1 is 1.47 bits per heavy atom. The summed E-state index contributed by atoms with van der Waals surface area (Å²) in [5.41, 5.74) is 1.23. The Balaban J connectivity index is 2.52. The molecule has 1 aromatic carbocycles.